The van der Waals surface area contributed by atoms with E-state index in [9.17, 15) is 9.59 Å². The molecule has 0 radical (unpaired) electrons. The summed E-state index contributed by atoms with van der Waals surface area (Å²) in [5.74, 6) is 0.0615. The number of anilines is 2. The van der Waals surface area contributed by atoms with Crippen LogP contribution in [-0.2, 0) is 22.3 Å². The van der Waals surface area contributed by atoms with Crippen LogP contribution in [0.5, 0.6) is 0 Å². The number of urea groups is 1. The number of nitrogens with one attached hydrogen (secondary N) is 3. The average Bonchev–Trinajstić information content (AvgIpc) is 3.34. The summed E-state index contributed by atoms with van der Waals surface area (Å²) in [5, 5.41) is 9.14. The summed E-state index contributed by atoms with van der Waals surface area (Å²) in [6.07, 6.45) is 1.42. The van der Waals surface area contributed by atoms with Crippen molar-refractivity contribution in [2.75, 3.05) is 57.4 Å². The highest BCUT2D eigenvalue weighted by Crippen LogP contribution is 2.26. The van der Waals surface area contributed by atoms with Gasteiger partial charge in [0.2, 0.25) is 0 Å². The first-order valence-corrected chi connectivity index (χ1v) is 14.9. The van der Waals surface area contributed by atoms with Gasteiger partial charge < -0.3 is 31.7 Å². The van der Waals surface area contributed by atoms with Gasteiger partial charge in [0.05, 0.1) is 31.0 Å². The molecule has 0 atom stereocenters. The van der Waals surface area contributed by atoms with Gasteiger partial charge in [-0.15, -0.1) is 0 Å². The number of hydrogen-bond acceptors (Lipinski definition) is 10. The molecule has 1 spiro atoms. The Kier molecular flexibility index (Phi) is 8.85. The number of nitrogen functional groups attached to an aromatic ring is 2. The second-order valence-corrected chi connectivity index (χ2v) is 11.1. The molecule has 14 heteroatoms. The van der Waals surface area contributed by atoms with Crippen molar-refractivity contribution in [3.05, 3.63) is 46.8 Å². The Labute approximate surface area is 246 Å². The minimum Gasteiger partial charge on any atom is -0.382 e. The largest absolute Gasteiger partial charge is 0.382 e. The second kappa shape index (κ2) is 12.5. The molecule has 3 aliphatic rings. The lowest BCUT2D eigenvalue weighted by Gasteiger charge is -2.39. The zero-order chi connectivity index (χ0) is 28.1. The third-order valence-electron chi connectivity index (χ3n) is 7.51. The number of nitrogens with two attached hydrogens (primary N) is 2. The van der Waals surface area contributed by atoms with Gasteiger partial charge in [-0.2, -0.15) is 0 Å². The highest BCUT2D eigenvalue weighted by molar-refractivity contribution is 14.1. The highest BCUT2D eigenvalue weighted by atomic mass is 127. The van der Waals surface area contributed by atoms with Gasteiger partial charge in [0, 0.05) is 43.7 Å². The van der Waals surface area contributed by atoms with E-state index >= 15 is 0 Å². The summed E-state index contributed by atoms with van der Waals surface area (Å²) in [6, 6.07) is 8.32. The molecule has 5 rings (SSSR count). The fourth-order valence-electron chi connectivity index (χ4n) is 5.05. The molecule has 1 aromatic heterocycles. The van der Waals surface area contributed by atoms with E-state index in [1.54, 1.807) is 0 Å². The van der Waals surface area contributed by atoms with E-state index in [0.29, 0.717) is 55.1 Å². The molecule has 2 aromatic rings. The molecular weight excluding hydrogens is 627 g/mol. The topological polar surface area (TPSA) is 176 Å². The number of aliphatic imine (C=N–C) groups is 1. The van der Waals surface area contributed by atoms with Crippen LogP contribution >= 0.6 is 22.6 Å². The van der Waals surface area contributed by atoms with Crippen molar-refractivity contribution in [1.82, 2.24) is 35.7 Å². The second-order valence-electron chi connectivity index (χ2n) is 10.3. The van der Waals surface area contributed by atoms with Crippen molar-refractivity contribution in [3.8, 4) is 0 Å². The van der Waals surface area contributed by atoms with Crippen molar-refractivity contribution < 1.29 is 14.3 Å². The Hall–Kier alpha value is -3.24. The molecule has 13 nitrogen and oxygen atoms in total. The molecule has 3 aliphatic heterocycles. The Bertz CT molecular complexity index is 1260. The van der Waals surface area contributed by atoms with Crippen LogP contribution in [0.25, 0.3) is 0 Å². The zero-order valence-corrected chi connectivity index (χ0v) is 24.4. The predicted molar refractivity (Wildman–Crippen MR) is 160 cm³/mol. The van der Waals surface area contributed by atoms with E-state index in [-0.39, 0.29) is 28.9 Å². The van der Waals surface area contributed by atoms with Gasteiger partial charge >= 0.3 is 6.03 Å². The standard InChI is InChI=1S/C26H35IN10O3/c27-13-19-21(28)33-22(29)20(32-19)23(38)34-24-31-16-26(35-24)5-7-37(8-6-26)25(39)30-14-17-1-3-18(4-2-17)15-36-9-11-40-12-10-36/h1-4H,5-16H2,(H,30,39)(H4,28,29,33)(H2,31,34,35,38). The van der Waals surface area contributed by atoms with Crippen molar-refractivity contribution in [2.45, 2.75) is 35.9 Å². The smallest absolute Gasteiger partial charge is 0.317 e. The van der Waals surface area contributed by atoms with Gasteiger partial charge in [0.1, 0.15) is 5.82 Å². The van der Waals surface area contributed by atoms with Gasteiger partial charge in [-0.05, 0) is 24.0 Å². The number of benzene rings is 1. The number of rotatable bonds is 6. The number of alkyl halides is 1. The number of halogens is 1. The predicted octanol–water partition coefficient (Wildman–Crippen LogP) is 0.842. The van der Waals surface area contributed by atoms with Crippen LogP contribution in [0.2, 0.25) is 0 Å². The number of ether oxygens (including phenoxy) is 1. The zero-order valence-electron chi connectivity index (χ0n) is 22.3. The molecule has 0 aliphatic carbocycles. The summed E-state index contributed by atoms with van der Waals surface area (Å²) in [5.41, 5.74) is 14.2. The average molecular weight is 663 g/mol. The van der Waals surface area contributed by atoms with E-state index in [4.69, 9.17) is 16.2 Å². The third-order valence-corrected chi connectivity index (χ3v) is 8.23. The number of hydrogen-bond donors (Lipinski definition) is 5. The van der Waals surface area contributed by atoms with Crippen LogP contribution < -0.4 is 27.4 Å². The maximum atomic E-state index is 12.8. The molecule has 1 aromatic carbocycles. The number of guanidine groups is 1. The monoisotopic (exact) mass is 662 g/mol. The van der Waals surface area contributed by atoms with Crippen LogP contribution in [-0.4, -0.2) is 89.1 Å². The van der Waals surface area contributed by atoms with Crippen LogP contribution in [0.4, 0.5) is 16.4 Å². The lowest BCUT2D eigenvalue weighted by Crippen LogP contribution is -2.57. The normalized spacial score (nSPS) is 18.7. The maximum Gasteiger partial charge on any atom is 0.317 e. The Morgan fingerprint density at radius 3 is 2.42 bits per heavy atom. The molecule has 7 N–H and O–H groups in total. The SMILES string of the molecule is Nc1nc(N)c(C(=O)NC2=NCC3(CCN(C(=O)NCc4ccc(CN5CCOCC5)cc4)CC3)N2)nc1CI. The quantitative estimate of drug-likeness (QED) is 0.222. The molecular formula is C26H35IN10O3. The third kappa shape index (κ3) is 6.72. The van der Waals surface area contributed by atoms with Gasteiger partial charge in [-0.25, -0.2) is 14.8 Å². The number of carbonyl (C=O) groups is 2. The summed E-state index contributed by atoms with van der Waals surface area (Å²) < 4.78 is 5.92. The Balaban J connectivity index is 1.06. The fraction of sp³-hybridized carbons (Fsp3) is 0.500. The molecule has 2 saturated heterocycles. The van der Waals surface area contributed by atoms with Gasteiger partial charge in [-0.3, -0.25) is 20.0 Å². The first kappa shape index (κ1) is 28.3. The summed E-state index contributed by atoms with van der Waals surface area (Å²) >= 11 is 2.10. The van der Waals surface area contributed by atoms with Crippen LogP contribution in [0, 0.1) is 0 Å². The molecule has 214 valence electrons. The fourth-order valence-corrected chi connectivity index (χ4v) is 5.61. The van der Waals surface area contributed by atoms with E-state index < -0.39 is 5.91 Å². The van der Waals surface area contributed by atoms with E-state index in [2.05, 4.69) is 82.7 Å². The number of carbonyl (C=O) groups excluding carboxylic acids is 2. The first-order valence-electron chi connectivity index (χ1n) is 13.4. The molecule has 0 unspecified atom stereocenters. The van der Waals surface area contributed by atoms with Crippen LogP contribution in [0.1, 0.15) is 40.2 Å². The molecule has 2 fully saturated rings. The summed E-state index contributed by atoms with van der Waals surface area (Å²) in [4.78, 5) is 42.6. The number of morpholine rings is 1. The van der Waals surface area contributed by atoms with E-state index in [1.807, 2.05) is 4.90 Å². The number of nitrogens with zero attached hydrogens (tertiary/aromatic N) is 5. The van der Waals surface area contributed by atoms with Crippen LogP contribution in [0.3, 0.4) is 0 Å². The van der Waals surface area contributed by atoms with Crippen molar-refractivity contribution in [1.29, 1.82) is 0 Å². The number of aromatic nitrogens is 2. The van der Waals surface area contributed by atoms with Crippen LogP contribution in [0.15, 0.2) is 29.3 Å². The van der Waals surface area contributed by atoms with Gasteiger partial charge in [0.25, 0.3) is 5.91 Å². The Morgan fingerprint density at radius 1 is 1.02 bits per heavy atom. The van der Waals surface area contributed by atoms with Gasteiger partial charge in [0.15, 0.2) is 17.5 Å². The summed E-state index contributed by atoms with van der Waals surface area (Å²) in [7, 11) is 0. The number of amides is 3. The van der Waals surface area contributed by atoms with Crippen molar-refractivity contribution in [3.63, 3.8) is 0 Å². The van der Waals surface area contributed by atoms with E-state index in [1.165, 1.54) is 5.56 Å². The number of likely N-dealkylation sites (tertiary alicyclic amines) is 1. The lowest BCUT2D eigenvalue weighted by molar-refractivity contribution is 0.0342. The molecule has 0 bridgehead atoms. The summed E-state index contributed by atoms with van der Waals surface area (Å²) in [6.45, 7) is 6.57. The molecule has 4 heterocycles. The minimum atomic E-state index is -0.495. The molecule has 3 amide bonds. The van der Waals surface area contributed by atoms with Gasteiger partial charge in [-0.1, -0.05) is 46.9 Å². The lowest BCUT2D eigenvalue weighted by atomic mass is 9.88. The van der Waals surface area contributed by atoms with Crippen molar-refractivity contribution in [2.24, 2.45) is 4.99 Å². The minimum absolute atomic E-state index is 0.0181. The highest BCUT2D eigenvalue weighted by Gasteiger charge is 2.40. The van der Waals surface area contributed by atoms with Crippen molar-refractivity contribution >= 4 is 52.1 Å². The Morgan fingerprint density at radius 2 is 1.73 bits per heavy atom. The molecule has 0 saturated carbocycles. The maximum absolute atomic E-state index is 12.8. The molecule has 40 heavy (non-hydrogen) atoms. The first-order chi connectivity index (χ1) is 19.3. The van der Waals surface area contributed by atoms with E-state index in [0.717, 1.165) is 38.4 Å². The number of piperidine rings is 1.